The topological polar surface area (TPSA) is 52.5 Å². The zero-order chi connectivity index (χ0) is 13.4. The number of hydrogen-bond donors (Lipinski definition) is 1. The van der Waals surface area contributed by atoms with Crippen LogP contribution in [-0.4, -0.2) is 9.97 Å². The van der Waals surface area contributed by atoms with Gasteiger partial charge in [-0.05, 0) is 30.3 Å². The summed E-state index contributed by atoms with van der Waals surface area (Å²) in [4.78, 5) is 7.58. The smallest absolute Gasteiger partial charge is 0.141 e. The normalized spacial score (nSPS) is 10.6. The molecular weight excluding hydrogens is 281 g/mol. The molecule has 0 aliphatic carbocycles. The fourth-order valence-electron chi connectivity index (χ4n) is 1.92. The molecule has 2 aromatic carbocycles. The van der Waals surface area contributed by atoms with Gasteiger partial charge in [-0.2, -0.15) is 5.26 Å². The van der Waals surface area contributed by atoms with Gasteiger partial charge in [0.05, 0.1) is 38.3 Å². The average molecular weight is 288 g/mol. The lowest BCUT2D eigenvalue weighted by Crippen LogP contribution is -1.83. The molecule has 1 aromatic heterocycles. The van der Waals surface area contributed by atoms with E-state index in [2.05, 4.69) is 16.0 Å². The SMILES string of the molecule is N#Cc1ccc2nc(-c3c(Cl)cccc3Cl)[nH]c2c1. The Morgan fingerprint density at radius 2 is 1.84 bits per heavy atom. The van der Waals surface area contributed by atoms with Gasteiger partial charge in [-0.1, -0.05) is 29.3 Å². The van der Waals surface area contributed by atoms with Crippen molar-refractivity contribution in [2.75, 3.05) is 0 Å². The van der Waals surface area contributed by atoms with Crippen LogP contribution in [-0.2, 0) is 0 Å². The van der Waals surface area contributed by atoms with Gasteiger partial charge in [0.2, 0.25) is 0 Å². The molecule has 19 heavy (non-hydrogen) atoms. The van der Waals surface area contributed by atoms with Crippen molar-refractivity contribution in [3.05, 3.63) is 52.0 Å². The third-order valence-electron chi connectivity index (χ3n) is 2.81. The van der Waals surface area contributed by atoms with Crippen LogP contribution in [0.3, 0.4) is 0 Å². The molecule has 3 nitrogen and oxygen atoms in total. The summed E-state index contributed by atoms with van der Waals surface area (Å²) in [5, 5.41) is 9.95. The molecule has 0 bridgehead atoms. The second kappa shape index (κ2) is 4.58. The van der Waals surface area contributed by atoms with E-state index in [1.807, 2.05) is 0 Å². The Morgan fingerprint density at radius 3 is 2.53 bits per heavy atom. The summed E-state index contributed by atoms with van der Waals surface area (Å²) in [6.07, 6.45) is 0. The van der Waals surface area contributed by atoms with E-state index in [1.165, 1.54) is 0 Å². The number of rotatable bonds is 1. The Balaban J connectivity index is 2.24. The predicted molar refractivity (Wildman–Crippen MR) is 76.3 cm³/mol. The minimum absolute atomic E-state index is 0.534. The minimum atomic E-state index is 0.534. The maximum Gasteiger partial charge on any atom is 0.141 e. The molecular formula is C14H7Cl2N3. The summed E-state index contributed by atoms with van der Waals surface area (Å²) in [6, 6.07) is 12.7. The molecule has 92 valence electrons. The number of nitriles is 1. The molecule has 0 unspecified atom stereocenters. The summed E-state index contributed by atoms with van der Waals surface area (Å²) in [7, 11) is 0. The van der Waals surface area contributed by atoms with Crippen molar-refractivity contribution in [3.63, 3.8) is 0 Å². The number of nitrogens with one attached hydrogen (secondary N) is 1. The van der Waals surface area contributed by atoms with Crippen LogP contribution in [0.5, 0.6) is 0 Å². The van der Waals surface area contributed by atoms with Crippen LogP contribution < -0.4 is 0 Å². The van der Waals surface area contributed by atoms with Crippen LogP contribution >= 0.6 is 23.2 Å². The Bertz CT molecular complexity index is 795. The van der Waals surface area contributed by atoms with Gasteiger partial charge in [-0.3, -0.25) is 0 Å². The molecule has 1 N–H and O–H groups in total. The zero-order valence-electron chi connectivity index (χ0n) is 9.61. The Labute approximate surface area is 119 Å². The van der Waals surface area contributed by atoms with E-state index in [9.17, 15) is 0 Å². The van der Waals surface area contributed by atoms with Gasteiger partial charge in [-0.25, -0.2) is 4.98 Å². The average Bonchev–Trinajstić information content (AvgIpc) is 2.80. The largest absolute Gasteiger partial charge is 0.338 e. The second-order valence-electron chi connectivity index (χ2n) is 4.03. The summed E-state index contributed by atoms with van der Waals surface area (Å²) in [5.41, 5.74) is 2.79. The van der Waals surface area contributed by atoms with Crippen molar-refractivity contribution in [2.24, 2.45) is 0 Å². The van der Waals surface area contributed by atoms with E-state index in [1.54, 1.807) is 36.4 Å². The monoisotopic (exact) mass is 287 g/mol. The highest BCUT2D eigenvalue weighted by Crippen LogP contribution is 2.33. The fourth-order valence-corrected chi connectivity index (χ4v) is 2.50. The standard InChI is InChI=1S/C14H7Cl2N3/c15-9-2-1-3-10(16)13(9)14-18-11-5-4-8(7-17)6-12(11)19-14/h1-6H,(H,18,19). The molecule has 0 saturated heterocycles. The predicted octanol–water partition coefficient (Wildman–Crippen LogP) is 4.41. The molecule has 0 amide bonds. The number of fused-ring (bicyclic) bond motifs is 1. The third-order valence-corrected chi connectivity index (χ3v) is 3.44. The van der Waals surface area contributed by atoms with Crippen LogP contribution in [0.1, 0.15) is 5.56 Å². The highest BCUT2D eigenvalue weighted by molar-refractivity contribution is 6.39. The first-order valence-corrected chi connectivity index (χ1v) is 6.29. The lowest BCUT2D eigenvalue weighted by atomic mass is 10.2. The molecule has 5 heteroatoms. The first-order chi connectivity index (χ1) is 9.19. The molecule has 3 rings (SSSR count). The van der Waals surface area contributed by atoms with Crippen LogP contribution in [0.4, 0.5) is 0 Å². The lowest BCUT2D eigenvalue weighted by molar-refractivity contribution is 1.34. The number of aromatic nitrogens is 2. The van der Waals surface area contributed by atoms with E-state index in [4.69, 9.17) is 28.5 Å². The van der Waals surface area contributed by atoms with Crippen molar-refractivity contribution in [1.82, 2.24) is 9.97 Å². The maximum absolute atomic E-state index is 8.88. The van der Waals surface area contributed by atoms with E-state index in [0.717, 1.165) is 11.0 Å². The van der Waals surface area contributed by atoms with E-state index < -0.39 is 0 Å². The van der Waals surface area contributed by atoms with Gasteiger partial charge in [0, 0.05) is 0 Å². The highest BCUT2D eigenvalue weighted by Gasteiger charge is 2.12. The first kappa shape index (κ1) is 12.0. The molecule has 0 fully saturated rings. The molecule has 0 aliphatic rings. The first-order valence-electron chi connectivity index (χ1n) is 5.53. The number of H-pyrrole nitrogens is 1. The number of imidazole rings is 1. The van der Waals surface area contributed by atoms with Crippen molar-refractivity contribution in [3.8, 4) is 17.5 Å². The minimum Gasteiger partial charge on any atom is -0.338 e. The van der Waals surface area contributed by atoms with Gasteiger partial charge >= 0.3 is 0 Å². The molecule has 0 saturated carbocycles. The lowest BCUT2D eigenvalue weighted by Gasteiger charge is -2.02. The van der Waals surface area contributed by atoms with Crippen molar-refractivity contribution >= 4 is 34.2 Å². The van der Waals surface area contributed by atoms with E-state index in [-0.39, 0.29) is 0 Å². The molecule has 1 heterocycles. The number of aromatic amines is 1. The van der Waals surface area contributed by atoms with E-state index in [0.29, 0.717) is 27.0 Å². The number of hydrogen-bond acceptors (Lipinski definition) is 2. The van der Waals surface area contributed by atoms with E-state index >= 15 is 0 Å². The number of nitrogens with zero attached hydrogens (tertiary/aromatic N) is 2. The van der Waals surface area contributed by atoms with Gasteiger partial charge in [0.1, 0.15) is 5.82 Å². The molecule has 0 aliphatic heterocycles. The van der Waals surface area contributed by atoms with Crippen LogP contribution in [0.25, 0.3) is 22.4 Å². The van der Waals surface area contributed by atoms with Crippen LogP contribution in [0.2, 0.25) is 10.0 Å². The van der Waals surface area contributed by atoms with Gasteiger partial charge in [0.15, 0.2) is 0 Å². The summed E-state index contributed by atoms with van der Waals surface area (Å²) in [5.74, 6) is 0.598. The van der Waals surface area contributed by atoms with Crippen LogP contribution in [0.15, 0.2) is 36.4 Å². The maximum atomic E-state index is 8.88. The Morgan fingerprint density at radius 1 is 1.11 bits per heavy atom. The third kappa shape index (κ3) is 2.06. The number of benzene rings is 2. The summed E-state index contributed by atoms with van der Waals surface area (Å²) in [6.45, 7) is 0. The Kier molecular flexibility index (Phi) is 2.90. The van der Waals surface area contributed by atoms with Gasteiger partial charge < -0.3 is 4.98 Å². The summed E-state index contributed by atoms with van der Waals surface area (Å²) < 4.78 is 0. The molecule has 3 aromatic rings. The van der Waals surface area contributed by atoms with Crippen molar-refractivity contribution < 1.29 is 0 Å². The number of halogens is 2. The molecule has 0 spiro atoms. The van der Waals surface area contributed by atoms with Crippen molar-refractivity contribution in [1.29, 1.82) is 5.26 Å². The van der Waals surface area contributed by atoms with Gasteiger partial charge in [0.25, 0.3) is 0 Å². The zero-order valence-corrected chi connectivity index (χ0v) is 11.1. The van der Waals surface area contributed by atoms with Crippen molar-refractivity contribution in [2.45, 2.75) is 0 Å². The Hall–Kier alpha value is -2.02. The second-order valence-corrected chi connectivity index (χ2v) is 4.84. The summed E-state index contributed by atoms with van der Waals surface area (Å²) >= 11 is 12.3. The van der Waals surface area contributed by atoms with Gasteiger partial charge in [-0.15, -0.1) is 0 Å². The highest BCUT2D eigenvalue weighted by atomic mass is 35.5. The fraction of sp³-hybridized carbons (Fsp3) is 0. The molecule has 0 radical (unpaired) electrons. The molecule has 0 atom stereocenters. The quantitative estimate of drug-likeness (QED) is 0.721. The van der Waals surface area contributed by atoms with Crippen LogP contribution in [0, 0.1) is 11.3 Å².